The van der Waals surface area contributed by atoms with E-state index >= 15 is 0 Å². The predicted octanol–water partition coefficient (Wildman–Crippen LogP) is 2.28. The Balaban J connectivity index is 1.62. The normalized spacial score (nSPS) is 25.5. The van der Waals surface area contributed by atoms with E-state index in [2.05, 4.69) is 10.3 Å². The molecule has 1 aliphatic carbocycles. The Hall–Kier alpha value is -1.93. The monoisotopic (exact) mass is 395 g/mol. The number of carbonyl (C=O) groups is 1. The van der Waals surface area contributed by atoms with Gasteiger partial charge in [-0.3, -0.25) is 9.69 Å². The van der Waals surface area contributed by atoms with Crippen molar-refractivity contribution in [2.24, 2.45) is 0 Å². The molecule has 1 aromatic heterocycles. The lowest BCUT2D eigenvalue weighted by atomic mass is 9.95. The van der Waals surface area contributed by atoms with Crippen molar-refractivity contribution >= 4 is 5.91 Å². The summed E-state index contributed by atoms with van der Waals surface area (Å²) in [5.41, 5.74) is 0.490. The van der Waals surface area contributed by atoms with Crippen LogP contribution in [-0.4, -0.2) is 61.9 Å². The molecule has 0 radical (unpaired) electrons. The van der Waals surface area contributed by atoms with Crippen molar-refractivity contribution in [3.63, 3.8) is 0 Å². The average Bonchev–Trinajstić information content (AvgIpc) is 3.14. The first kappa shape index (κ1) is 20.8. The summed E-state index contributed by atoms with van der Waals surface area (Å²) in [4.78, 5) is 18.6. The van der Waals surface area contributed by atoms with E-state index < -0.39 is 5.82 Å². The van der Waals surface area contributed by atoms with Gasteiger partial charge in [0.15, 0.2) is 5.82 Å². The maximum atomic E-state index is 14.6. The van der Waals surface area contributed by atoms with Gasteiger partial charge in [0.1, 0.15) is 6.10 Å². The smallest absolute Gasteiger partial charge is 0.254 e. The molecule has 1 saturated carbocycles. The second-order valence-corrected chi connectivity index (χ2v) is 7.55. The number of nitrogens with one attached hydrogen (secondary N) is 1. The zero-order chi connectivity index (χ0) is 20.1. The van der Waals surface area contributed by atoms with Gasteiger partial charge in [0.05, 0.1) is 19.3 Å². The minimum Gasteiger partial charge on any atom is -0.481 e. The van der Waals surface area contributed by atoms with Crippen LogP contribution in [0.4, 0.5) is 4.39 Å². The summed E-state index contributed by atoms with van der Waals surface area (Å²) in [6.07, 6.45) is 5.39. The van der Waals surface area contributed by atoms with Crippen molar-refractivity contribution in [1.29, 1.82) is 0 Å². The van der Waals surface area contributed by atoms with Crippen LogP contribution in [-0.2, 0) is 16.1 Å². The van der Waals surface area contributed by atoms with Gasteiger partial charge in [-0.1, -0.05) is 0 Å². The average molecular weight is 395 g/mol. The molecule has 0 aromatic carbocycles. The summed E-state index contributed by atoms with van der Waals surface area (Å²) in [6, 6.07) is 1.20. The molecular weight excluding hydrogens is 365 g/mol. The van der Waals surface area contributed by atoms with Crippen LogP contribution in [0.1, 0.15) is 44.1 Å². The Labute approximate surface area is 165 Å². The van der Waals surface area contributed by atoms with Crippen LogP contribution < -0.4 is 14.8 Å². The molecule has 2 heterocycles. The molecule has 1 saturated heterocycles. The fourth-order valence-corrected chi connectivity index (χ4v) is 3.97. The molecule has 3 rings (SSSR count). The number of aromatic nitrogens is 1. The molecule has 1 aliphatic heterocycles. The van der Waals surface area contributed by atoms with Gasteiger partial charge in [0.25, 0.3) is 5.88 Å². The minimum absolute atomic E-state index is 0.0525. The molecule has 0 unspecified atom stereocenters. The highest BCUT2D eigenvalue weighted by Crippen LogP contribution is 2.29. The van der Waals surface area contributed by atoms with Crippen LogP contribution in [0.5, 0.6) is 11.8 Å². The molecule has 7 nitrogen and oxygen atoms in total. The molecule has 2 aliphatic rings. The number of pyridine rings is 1. The van der Waals surface area contributed by atoms with Crippen molar-refractivity contribution in [1.82, 2.24) is 15.2 Å². The molecule has 1 aromatic rings. The SMILES string of the molecule is COc1nc(OC2CCC(OC)CC2)c(F)cc1CNC(=O)[C@@H]1CCCN1C. The number of likely N-dealkylation sites (N-methyl/N-ethyl adjacent to an activating group) is 1. The van der Waals surface area contributed by atoms with Crippen molar-refractivity contribution in [2.45, 2.75) is 63.3 Å². The number of amides is 1. The molecule has 28 heavy (non-hydrogen) atoms. The fourth-order valence-electron chi connectivity index (χ4n) is 3.97. The number of likely N-dealkylation sites (tertiary alicyclic amines) is 1. The molecular formula is C20H30FN3O4. The predicted molar refractivity (Wildman–Crippen MR) is 102 cm³/mol. The molecule has 0 spiro atoms. The van der Waals surface area contributed by atoms with E-state index in [-0.39, 0.29) is 42.5 Å². The molecule has 1 N–H and O–H groups in total. The maximum absolute atomic E-state index is 14.6. The van der Waals surface area contributed by atoms with Gasteiger partial charge in [0.2, 0.25) is 11.8 Å². The van der Waals surface area contributed by atoms with E-state index in [0.717, 1.165) is 45.1 Å². The molecule has 8 heteroatoms. The van der Waals surface area contributed by atoms with Gasteiger partial charge >= 0.3 is 0 Å². The Bertz CT molecular complexity index is 680. The van der Waals surface area contributed by atoms with Gasteiger partial charge in [-0.05, 0) is 58.2 Å². The first-order chi connectivity index (χ1) is 13.5. The molecule has 156 valence electrons. The number of halogens is 1. The summed E-state index contributed by atoms with van der Waals surface area (Å²) in [5, 5.41) is 2.86. The van der Waals surface area contributed by atoms with Crippen molar-refractivity contribution < 1.29 is 23.4 Å². The lowest BCUT2D eigenvalue weighted by Gasteiger charge is -2.28. The third kappa shape index (κ3) is 4.91. The second kappa shape index (κ2) is 9.52. The van der Waals surface area contributed by atoms with E-state index in [1.54, 1.807) is 7.11 Å². The first-order valence-corrected chi connectivity index (χ1v) is 9.92. The Morgan fingerprint density at radius 1 is 1.21 bits per heavy atom. The second-order valence-electron chi connectivity index (χ2n) is 7.55. The molecule has 0 bridgehead atoms. The minimum atomic E-state index is -0.545. The summed E-state index contributed by atoms with van der Waals surface area (Å²) < 4.78 is 31.0. The number of hydrogen-bond donors (Lipinski definition) is 1. The zero-order valence-corrected chi connectivity index (χ0v) is 16.9. The Morgan fingerprint density at radius 2 is 1.93 bits per heavy atom. The van der Waals surface area contributed by atoms with Crippen LogP contribution >= 0.6 is 0 Å². The quantitative estimate of drug-likeness (QED) is 0.764. The van der Waals surface area contributed by atoms with Gasteiger partial charge in [-0.15, -0.1) is 0 Å². The lowest BCUT2D eigenvalue weighted by molar-refractivity contribution is -0.125. The van der Waals surface area contributed by atoms with Crippen LogP contribution in [0.25, 0.3) is 0 Å². The number of nitrogens with zero attached hydrogens (tertiary/aromatic N) is 2. The third-order valence-electron chi connectivity index (χ3n) is 5.69. The standard InChI is InChI=1S/C20H30FN3O4/c1-24-10-4-5-17(24)18(25)22-12-13-11-16(21)20(23-19(13)27-3)28-15-8-6-14(26-2)7-9-15/h11,14-15,17H,4-10,12H2,1-3H3,(H,22,25)/t14?,15?,17-/m0/s1. The van der Waals surface area contributed by atoms with Gasteiger partial charge in [-0.25, -0.2) is 4.39 Å². The van der Waals surface area contributed by atoms with E-state index in [9.17, 15) is 9.18 Å². The van der Waals surface area contributed by atoms with E-state index in [1.165, 1.54) is 13.2 Å². The van der Waals surface area contributed by atoms with Crippen LogP contribution in [0.2, 0.25) is 0 Å². The summed E-state index contributed by atoms with van der Waals surface area (Å²) in [6.45, 7) is 1.07. The van der Waals surface area contributed by atoms with Crippen LogP contribution in [0.3, 0.4) is 0 Å². The van der Waals surface area contributed by atoms with E-state index in [1.807, 2.05) is 11.9 Å². The van der Waals surface area contributed by atoms with Crippen molar-refractivity contribution in [2.75, 3.05) is 27.8 Å². The van der Waals surface area contributed by atoms with E-state index in [4.69, 9.17) is 14.2 Å². The number of ether oxygens (including phenoxy) is 3. The fraction of sp³-hybridized carbons (Fsp3) is 0.700. The number of carbonyl (C=O) groups excluding carboxylic acids is 1. The zero-order valence-electron chi connectivity index (χ0n) is 16.9. The van der Waals surface area contributed by atoms with Gasteiger partial charge in [-0.2, -0.15) is 4.98 Å². The largest absolute Gasteiger partial charge is 0.481 e. The van der Waals surface area contributed by atoms with E-state index in [0.29, 0.717) is 5.56 Å². The lowest BCUT2D eigenvalue weighted by Crippen LogP contribution is -2.41. The summed E-state index contributed by atoms with van der Waals surface area (Å²) in [7, 11) is 5.12. The van der Waals surface area contributed by atoms with Crippen molar-refractivity contribution in [3.8, 4) is 11.8 Å². The summed E-state index contributed by atoms with van der Waals surface area (Å²) in [5.74, 6) is -0.389. The highest BCUT2D eigenvalue weighted by atomic mass is 19.1. The first-order valence-electron chi connectivity index (χ1n) is 9.92. The van der Waals surface area contributed by atoms with Gasteiger partial charge < -0.3 is 19.5 Å². The molecule has 2 fully saturated rings. The van der Waals surface area contributed by atoms with Crippen molar-refractivity contribution in [3.05, 3.63) is 17.4 Å². The number of methoxy groups -OCH3 is 2. The maximum Gasteiger partial charge on any atom is 0.254 e. The Kier molecular flexibility index (Phi) is 7.07. The number of hydrogen-bond acceptors (Lipinski definition) is 6. The summed E-state index contributed by atoms with van der Waals surface area (Å²) >= 11 is 0. The van der Waals surface area contributed by atoms with Gasteiger partial charge in [0, 0.05) is 19.2 Å². The van der Waals surface area contributed by atoms with Crippen LogP contribution in [0.15, 0.2) is 6.07 Å². The third-order valence-corrected chi connectivity index (χ3v) is 5.69. The highest BCUT2D eigenvalue weighted by Gasteiger charge is 2.28. The molecule has 1 amide bonds. The topological polar surface area (TPSA) is 72.9 Å². The molecule has 1 atom stereocenters. The highest BCUT2D eigenvalue weighted by molar-refractivity contribution is 5.82. The van der Waals surface area contributed by atoms with Crippen LogP contribution in [0, 0.1) is 5.82 Å². The number of rotatable bonds is 7. The Morgan fingerprint density at radius 3 is 2.54 bits per heavy atom.